The molecule has 1 amide bonds. The third-order valence-corrected chi connectivity index (χ3v) is 7.68. The second-order valence-corrected chi connectivity index (χ2v) is 10.3. The van der Waals surface area contributed by atoms with Crippen molar-refractivity contribution in [3.8, 4) is 16.9 Å². The van der Waals surface area contributed by atoms with Gasteiger partial charge in [0.15, 0.2) is 0 Å². The number of aryl methyl sites for hydroxylation is 1. The van der Waals surface area contributed by atoms with Crippen LogP contribution in [0.25, 0.3) is 11.1 Å². The Morgan fingerprint density at radius 3 is 2.68 bits per heavy atom. The Morgan fingerprint density at radius 2 is 2.00 bits per heavy atom. The van der Waals surface area contributed by atoms with Crippen molar-refractivity contribution in [2.75, 3.05) is 50.9 Å². The fourth-order valence-electron chi connectivity index (χ4n) is 5.37. The number of alkyl halides is 2. The van der Waals surface area contributed by atoms with Crippen molar-refractivity contribution in [2.24, 2.45) is 18.0 Å². The fourth-order valence-corrected chi connectivity index (χ4v) is 5.37. The van der Waals surface area contributed by atoms with Gasteiger partial charge in [-0.05, 0) is 49.8 Å². The first-order chi connectivity index (χ1) is 18.3. The average molecular weight is 528 g/mol. The van der Waals surface area contributed by atoms with E-state index in [-0.39, 0.29) is 11.5 Å². The molecule has 3 aliphatic rings. The molecule has 3 aliphatic heterocycles. The molecule has 1 aromatic carbocycles. The molecule has 0 radical (unpaired) electrons. The van der Waals surface area contributed by atoms with Crippen molar-refractivity contribution in [3.05, 3.63) is 41.2 Å². The summed E-state index contributed by atoms with van der Waals surface area (Å²) in [6.45, 7) is 7.73. The molecule has 1 aromatic heterocycles. The Bertz CT molecular complexity index is 1250. The van der Waals surface area contributed by atoms with Crippen LogP contribution in [0.3, 0.4) is 0 Å². The van der Waals surface area contributed by atoms with E-state index in [2.05, 4.69) is 12.0 Å². The molecule has 0 bridgehead atoms. The number of carbonyl (C=O) groups excluding carboxylic acids is 1. The number of aromatic nitrogens is 2. The number of aliphatic imine (C=N–C) groups is 1. The second kappa shape index (κ2) is 11.2. The van der Waals surface area contributed by atoms with Gasteiger partial charge in [-0.2, -0.15) is 5.10 Å². The molecule has 5 rings (SSSR count). The van der Waals surface area contributed by atoms with Crippen LogP contribution in [0.4, 0.5) is 14.5 Å². The summed E-state index contributed by atoms with van der Waals surface area (Å²) in [6.07, 6.45) is 3.27. The number of hydrogen-bond acceptors (Lipinski definition) is 5. The highest BCUT2D eigenvalue weighted by Crippen LogP contribution is 2.42. The maximum Gasteiger partial charge on any atom is 0.264 e. The molecule has 1 saturated heterocycles. The molecule has 0 saturated carbocycles. The zero-order valence-electron chi connectivity index (χ0n) is 22.3. The summed E-state index contributed by atoms with van der Waals surface area (Å²) in [5, 5.41) is 4.16. The highest BCUT2D eigenvalue weighted by Gasteiger charge is 2.31. The number of benzene rings is 1. The van der Waals surface area contributed by atoms with Gasteiger partial charge in [0.25, 0.3) is 6.43 Å². The predicted molar refractivity (Wildman–Crippen MR) is 142 cm³/mol. The Balaban J connectivity index is 1.58. The standard InChI is InChI=1S/C28H35F2N5O3/c1-18-4-7-34(19(2)36)17-24(18)28(31-14-20-5-9-37-10-6-20)35-8-11-38-26-13-22(21-15-32-33(3)16-21)23(27(29)30)12-25(26)35/h12-13,15-16,20,27H,4-11,14,17H2,1-3H3/b31-28+. The molecule has 10 heteroatoms. The van der Waals surface area contributed by atoms with Crippen LogP contribution in [-0.2, 0) is 16.6 Å². The molecule has 204 valence electrons. The summed E-state index contributed by atoms with van der Waals surface area (Å²) in [5.74, 6) is 1.70. The van der Waals surface area contributed by atoms with Crippen LogP contribution in [-0.4, -0.2) is 72.4 Å². The van der Waals surface area contributed by atoms with Gasteiger partial charge in [0.2, 0.25) is 5.91 Å². The lowest BCUT2D eigenvalue weighted by atomic mass is 9.96. The first kappa shape index (κ1) is 26.3. The van der Waals surface area contributed by atoms with E-state index in [9.17, 15) is 13.6 Å². The van der Waals surface area contributed by atoms with Crippen LogP contribution in [0, 0.1) is 5.92 Å². The average Bonchev–Trinajstić information content (AvgIpc) is 3.35. The molecular formula is C28H35F2N5O3. The minimum atomic E-state index is -2.68. The van der Waals surface area contributed by atoms with Crippen LogP contribution < -0.4 is 9.64 Å². The molecule has 0 atom stereocenters. The number of ether oxygens (including phenoxy) is 2. The van der Waals surface area contributed by atoms with Gasteiger partial charge in [0, 0.05) is 69.7 Å². The zero-order chi connectivity index (χ0) is 26.8. The lowest BCUT2D eigenvalue weighted by Crippen LogP contribution is -2.44. The molecule has 4 heterocycles. The number of fused-ring (bicyclic) bond motifs is 1. The van der Waals surface area contributed by atoms with Crippen molar-refractivity contribution >= 4 is 17.4 Å². The predicted octanol–water partition coefficient (Wildman–Crippen LogP) is 4.62. The van der Waals surface area contributed by atoms with Crippen molar-refractivity contribution in [1.29, 1.82) is 0 Å². The monoisotopic (exact) mass is 527 g/mol. The second-order valence-electron chi connectivity index (χ2n) is 10.3. The highest BCUT2D eigenvalue weighted by atomic mass is 19.3. The topological polar surface area (TPSA) is 72.2 Å². The van der Waals surface area contributed by atoms with Gasteiger partial charge in [-0.25, -0.2) is 8.78 Å². The van der Waals surface area contributed by atoms with Crippen LogP contribution >= 0.6 is 0 Å². The lowest BCUT2D eigenvalue weighted by Gasteiger charge is -2.37. The molecule has 0 aliphatic carbocycles. The molecule has 38 heavy (non-hydrogen) atoms. The minimum absolute atomic E-state index is 0.0160. The maximum absolute atomic E-state index is 14.4. The van der Waals surface area contributed by atoms with Gasteiger partial charge in [0.1, 0.15) is 18.2 Å². The highest BCUT2D eigenvalue weighted by molar-refractivity contribution is 6.12. The number of amidine groups is 1. The number of amides is 1. The number of rotatable bonds is 5. The fraction of sp³-hybridized carbons (Fsp3) is 0.536. The van der Waals surface area contributed by atoms with E-state index in [0.717, 1.165) is 43.9 Å². The lowest BCUT2D eigenvalue weighted by molar-refractivity contribution is -0.128. The Hall–Kier alpha value is -3.27. The number of halogens is 2. The van der Waals surface area contributed by atoms with E-state index in [1.54, 1.807) is 37.1 Å². The van der Waals surface area contributed by atoms with E-state index < -0.39 is 6.43 Å². The zero-order valence-corrected chi connectivity index (χ0v) is 22.3. The van der Waals surface area contributed by atoms with E-state index in [4.69, 9.17) is 14.5 Å². The maximum atomic E-state index is 14.4. The molecule has 8 nitrogen and oxygen atoms in total. The third kappa shape index (κ3) is 5.45. The largest absolute Gasteiger partial charge is 0.490 e. The van der Waals surface area contributed by atoms with Crippen LogP contribution in [0.2, 0.25) is 0 Å². The van der Waals surface area contributed by atoms with E-state index >= 15 is 0 Å². The van der Waals surface area contributed by atoms with Gasteiger partial charge in [-0.1, -0.05) is 5.57 Å². The van der Waals surface area contributed by atoms with Gasteiger partial charge >= 0.3 is 0 Å². The molecule has 1 fully saturated rings. The quantitative estimate of drug-likeness (QED) is 0.419. The van der Waals surface area contributed by atoms with Gasteiger partial charge < -0.3 is 19.3 Å². The van der Waals surface area contributed by atoms with Crippen molar-refractivity contribution in [2.45, 2.75) is 39.5 Å². The summed E-state index contributed by atoms with van der Waals surface area (Å²) < 4.78 is 41.9. The smallest absolute Gasteiger partial charge is 0.264 e. The number of nitrogens with zero attached hydrogens (tertiary/aromatic N) is 5. The van der Waals surface area contributed by atoms with Crippen LogP contribution in [0.15, 0.2) is 40.7 Å². The van der Waals surface area contributed by atoms with E-state index in [1.807, 2.05) is 9.80 Å². The van der Waals surface area contributed by atoms with Gasteiger partial charge in [0.05, 0.1) is 18.4 Å². The normalized spacial score (nSPS) is 19.2. The Labute approximate surface area is 221 Å². The minimum Gasteiger partial charge on any atom is -0.490 e. The molecule has 2 aromatic rings. The van der Waals surface area contributed by atoms with Gasteiger partial charge in [-0.15, -0.1) is 0 Å². The first-order valence-corrected chi connectivity index (χ1v) is 13.2. The number of hydrogen-bond donors (Lipinski definition) is 0. The van der Waals surface area contributed by atoms with Crippen molar-refractivity contribution in [3.63, 3.8) is 0 Å². The van der Waals surface area contributed by atoms with E-state index in [1.165, 1.54) is 11.6 Å². The van der Waals surface area contributed by atoms with Crippen molar-refractivity contribution < 1.29 is 23.0 Å². The summed E-state index contributed by atoms with van der Waals surface area (Å²) in [4.78, 5) is 21.2. The van der Waals surface area contributed by atoms with E-state index in [0.29, 0.717) is 61.3 Å². The summed E-state index contributed by atoms with van der Waals surface area (Å²) in [5.41, 5.74) is 3.68. The molecule has 0 unspecified atom stereocenters. The Morgan fingerprint density at radius 1 is 1.21 bits per heavy atom. The summed E-state index contributed by atoms with van der Waals surface area (Å²) >= 11 is 0. The van der Waals surface area contributed by atoms with Crippen LogP contribution in [0.5, 0.6) is 5.75 Å². The first-order valence-electron chi connectivity index (χ1n) is 13.2. The summed E-state index contributed by atoms with van der Waals surface area (Å²) in [6, 6.07) is 3.23. The molecule has 0 N–H and O–H groups in total. The summed E-state index contributed by atoms with van der Waals surface area (Å²) in [7, 11) is 1.76. The number of anilines is 1. The third-order valence-electron chi connectivity index (χ3n) is 7.68. The van der Waals surface area contributed by atoms with Crippen LogP contribution in [0.1, 0.15) is 45.1 Å². The van der Waals surface area contributed by atoms with Crippen molar-refractivity contribution in [1.82, 2.24) is 14.7 Å². The SMILES string of the molecule is CC(=O)N1CCC(C)=C(/C(=N\CC2CCOCC2)N2CCOc3cc(-c4cnn(C)c4)c(C(F)F)cc32)C1. The molecule has 0 spiro atoms. The Kier molecular flexibility index (Phi) is 7.78. The van der Waals surface area contributed by atoms with Gasteiger partial charge in [-0.3, -0.25) is 14.5 Å². The molecular weight excluding hydrogens is 492 g/mol. The number of carbonyl (C=O) groups is 1.